The molecule has 132 valence electrons. The number of nitrogens with one attached hydrogen (secondary N) is 3. The lowest BCUT2D eigenvalue weighted by Gasteiger charge is -2.26. The van der Waals surface area contributed by atoms with Gasteiger partial charge in [-0.2, -0.15) is 0 Å². The van der Waals surface area contributed by atoms with Crippen LogP contribution in [0.1, 0.15) is 13.3 Å². The summed E-state index contributed by atoms with van der Waals surface area (Å²) in [5.41, 5.74) is 0.443. The quantitative estimate of drug-likeness (QED) is 0.689. The van der Waals surface area contributed by atoms with E-state index in [0.29, 0.717) is 12.2 Å². The van der Waals surface area contributed by atoms with Crippen LogP contribution >= 0.6 is 0 Å². The Balaban J connectivity index is 1.72. The van der Waals surface area contributed by atoms with Gasteiger partial charge in [0.05, 0.1) is 18.9 Å². The zero-order chi connectivity index (χ0) is 17.4. The maximum Gasteiger partial charge on any atom is 0.319 e. The van der Waals surface area contributed by atoms with Gasteiger partial charge in [-0.15, -0.1) is 0 Å². The van der Waals surface area contributed by atoms with Crippen LogP contribution in [0.2, 0.25) is 0 Å². The van der Waals surface area contributed by atoms with Crippen LogP contribution in [0.5, 0.6) is 0 Å². The third-order valence-electron chi connectivity index (χ3n) is 3.58. The van der Waals surface area contributed by atoms with Crippen LogP contribution in [0.4, 0.5) is 20.6 Å². The standard InChI is InChI=1S/C16H23FN4O3/c1-12(22)19-15-11-13(3-4-14(15)17)20-16(23)18-5-2-6-21-7-9-24-10-8-21/h3-4,11H,2,5-10H2,1H3,(H,19,22)(H2,18,20,23). The van der Waals surface area contributed by atoms with Crippen LogP contribution in [-0.2, 0) is 9.53 Å². The zero-order valence-corrected chi connectivity index (χ0v) is 13.7. The molecular formula is C16H23FN4O3. The minimum Gasteiger partial charge on any atom is -0.379 e. The van der Waals surface area contributed by atoms with E-state index < -0.39 is 5.82 Å². The number of hydrogen-bond acceptors (Lipinski definition) is 4. The lowest BCUT2D eigenvalue weighted by Crippen LogP contribution is -2.38. The fourth-order valence-corrected chi connectivity index (χ4v) is 2.39. The molecule has 1 heterocycles. The number of carbonyl (C=O) groups is 2. The Bertz CT molecular complexity index is 576. The molecule has 0 aromatic heterocycles. The van der Waals surface area contributed by atoms with Crippen LogP contribution in [0.25, 0.3) is 0 Å². The van der Waals surface area contributed by atoms with Crippen LogP contribution in [0.15, 0.2) is 18.2 Å². The summed E-state index contributed by atoms with van der Waals surface area (Å²) in [6.07, 6.45) is 0.841. The Kier molecular flexibility index (Phi) is 6.95. The average molecular weight is 338 g/mol. The monoisotopic (exact) mass is 338 g/mol. The average Bonchev–Trinajstić information content (AvgIpc) is 2.55. The summed E-state index contributed by atoms with van der Waals surface area (Å²) in [7, 11) is 0. The molecule has 0 spiro atoms. The van der Waals surface area contributed by atoms with E-state index in [9.17, 15) is 14.0 Å². The van der Waals surface area contributed by atoms with Gasteiger partial charge in [0.15, 0.2) is 0 Å². The Labute approximate surface area is 140 Å². The van der Waals surface area contributed by atoms with Crippen LogP contribution < -0.4 is 16.0 Å². The summed E-state index contributed by atoms with van der Waals surface area (Å²) < 4.78 is 18.8. The summed E-state index contributed by atoms with van der Waals surface area (Å²) in [6, 6.07) is 3.65. The van der Waals surface area contributed by atoms with Gasteiger partial charge in [-0.25, -0.2) is 9.18 Å². The first-order chi connectivity index (χ1) is 11.5. The van der Waals surface area contributed by atoms with Crippen molar-refractivity contribution in [2.75, 3.05) is 50.0 Å². The van der Waals surface area contributed by atoms with E-state index in [2.05, 4.69) is 20.9 Å². The van der Waals surface area contributed by atoms with E-state index in [4.69, 9.17) is 4.74 Å². The van der Waals surface area contributed by atoms with E-state index in [1.807, 2.05) is 0 Å². The fourth-order valence-electron chi connectivity index (χ4n) is 2.39. The molecule has 0 aliphatic carbocycles. The van der Waals surface area contributed by atoms with E-state index in [0.717, 1.165) is 39.3 Å². The number of morpholine rings is 1. The van der Waals surface area contributed by atoms with Gasteiger partial charge in [-0.1, -0.05) is 0 Å². The number of carbonyl (C=O) groups excluding carboxylic acids is 2. The zero-order valence-electron chi connectivity index (χ0n) is 13.7. The van der Waals surface area contributed by atoms with Crippen molar-refractivity contribution in [2.45, 2.75) is 13.3 Å². The molecule has 1 aliphatic rings. The predicted octanol–water partition coefficient (Wildman–Crippen LogP) is 1.63. The van der Waals surface area contributed by atoms with E-state index in [1.54, 1.807) is 0 Å². The molecule has 0 saturated carbocycles. The second-order valence-electron chi connectivity index (χ2n) is 5.56. The van der Waals surface area contributed by atoms with Crippen LogP contribution in [0.3, 0.4) is 0 Å². The van der Waals surface area contributed by atoms with Crippen LogP contribution in [-0.4, -0.2) is 56.2 Å². The van der Waals surface area contributed by atoms with Gasteiger partial charge >= 0.3 is 6.03 Å². The van der Waals surface area contributed by atoms with Crippen molar-refractivity contribution in [2.24, 2.45) is 0 Å². The van der Waals surface area contributed by atoms with Gasteiger partial charge in [-0.3, -0.25) is 9.69 Å². The number of halogens is 1. The first-order valence-electron chi connectivity index (χ1n) is 7.96. The molecule has 0 unspecified atom stereocenters. The Hall–Kier alpha value is -2.19. The van der Waals surface area contributed by atoms with Crippen LogP contribution in [0, 0.1) is 5.82 Å². The van der Waals surface area contributed by atoms with Crippen molar-refractivity contribution in [3.05, 3.63) is 24.0 Å². The van der Waals surface area contributed by atoms with Gasteiger partial charge in [0.2, 0.25) is 5.91 Å². The summed E-state index contributed by atoms with van der Waals surface area (Å²) >= 11 is 0. The lowest BCUT2D eigenvalue weighted by molar-refractivity contribution is -0.114. The molecule has 1 aromatic carbocycles. The third kappa shape index (κ3) is 6.13. The van der Waals surface area contributed by atoms with Crippen molar-refractivity contribution in [1.82, 2.24) is 10.2 Å². The van der Waals surface area contributed by atoms with E-state index in [-0.39, 0.29) is 17.6 Å². The molecule has 1 saturated heterocycles. The molecule has 0 radical (unpaired) electrons. The van der Waals surface area contributed by atoms with Gasteiger partial charge in [0.1, 0.15) is 5.82 Å². The molecule has 0 bridgehead atoms. The third-order valence-corrected chi connectivity index (χ3v) is 3.58. The smallest absolute Gasteiger partial charge is 0.319 e. The summed E-state index contributed by atoms with van der Waals surface area (Å²) in [6.45, 7) is 6.11. The second-order valence-corrected chi connectivity index (χ2v) is 5.56. The fraction of sp³-hybridized carbons (Fsp3) is 0.500. The highest BCUT2D eigenvalue weighted by molar-refractivity contribution is 5.92. The summed E-state index contributed by atoms with van der Waals surface area (Å²) in [5, 5.41) is 7.75. The molecule has 1 fully saturated rings. The van der Waals surface area contributed by atoms with E-state index in [1.165, 1.54) is 25.1 Å². The number of ether oxygens (including phenoxy) is 1. The Morgan fingerprint density at radius 1 is 1.25 bits per heavy atom. The minimum atomic E-state index is -0.554. The topological polar surface area (TPSA) is 82.7 Å². The number of urea groups is 1. The summed E-state index contributed by atoms with van der Waals surface area (Å²) in [5.74, 6) is -0.930. The number of benzene rings is 1. The van der Waals surface area contributed by atoms with Gasteiger partial charge < -0.3 is 20.7 Å². The van der Waals surface area contributed by atoms with E-state index >= 15 is 0 Å². The lowest BCUT2D eigenvalue weighted by atomic mass is 10.2. The highest BCUT2D eigenvalue weighted by Gasteiger charge is 2.10. The normalized spacial score (nSPS) is 14.9. The Morgan fingerprint density at radius 3 is 2.71 bits per heavy atom. The first-order valence-corrected chi connectivity index (χ1v) is 7.96. The number of amides is 3. The molecule has 0 atom stereocenters. The molecule has 24 heavy (non-hydrogen) atoms. The maximum absolute atomic E-state index is 13.5. The van der Waals surface area contributed by atoms with Gasteiger partial charge in [0.25, 0.3) is 0 Å². The first kappa shape index (κ1) is 18.2. The van der Waals surface area contributed by atoms with Crippen molar-refractivity contribution < 1.29 is 18.7 Å². The molecule has 1 aliphatic heterocycles. The molecular weight excluding hydrogens is 315 g/mol. The molecule has 1 aromatic rings. The highest BCUT2D eigenvalue weighted by Crippen LogP contribution is 2.19. The molecule has 8 heteroatoms. The van der Waals surface area contributed by atoms with Crippen molar-refractivity contribution in [3.63, 3.8) is 0 Å². The van der Waals surface area contributed by atoms with Crippen molar-refractivity contribution in [3.8, 4) is 0 Å². The van der Waals surface area contributed by atoms with Crippen molar-refractivity contribution in [1.29, 1.82) is 0 Å². The molecule has 2 rings (SSSR count). The molecule has 7 nitrogen and oxygen atoms in total. The Morgan fingerprint density at radius 2 is 2.00 bits per heavy atom. The highest BCUT2D eigenvalue weighted by atomic mass is 19.1. The number of rotatable bonds is 6. The largest absolute Gasteiger partial charge is 0.379 e. The minimum absolute atomic E-state index is 0.0348. The maximum atomic E-state index is 13.5. The number of anilines is 2. The van der Waals surface area contributed by atoms with Gasteiger partial charge in [0, 0.05) is 32.2 Å². The summed E-state index contributed by atoms with van der Waals surface area (Å²) in [4.78, 5) is 25.2. The second kappa shape index (κ2) is 9.19. The van der Waals surface area contributed by atoms with Crippen molar-refractivity contribution >= 4 is 23.3 Å². The number of hydrogen-bond donors (Lipinski definition) is 3. The van der Waals surface area contributed by atoms with Gasteiger partial charge in [-0.05, 0) is 31.2 Å². The number of nitrogens with zero attached hydrogens (tertiary/aromatic N) is 1. The molecule has 3 amide bonds. The SMILES string of the molecule is CC(=O)Nc1cc(NC(=O)NCCCN2CCOCC2)ccc1F. The molecule has 3 N–H and O–H groups in total. The predicted molar refractivity (Wildman–Crippen MR) is 89.6 cm³/mol.